The van der Waals surface area contributed by atoms with E-state index in [1.807, 2.05) is 10.0 Å². The van der Waals surface area contributed by atoms with Gasteiger partial charge in [-0.05, 0) is 42.8 Å². The minimum atomic E-state index is -4.67. The lowest BCUT2D eigenvalue weighted by Crippen LogP contribution is -2.33. The second-order valence-corrected chi connectivity index (χ2v) is 7.06. The first kappa shape index (κ1) is 19.9. The maximum Gasteiger partial charge on any atom is 0.418 e. The van der Waals surface area contributed by atoms with Crippen LogP contribution in [0.1, 0.15) is 11.1 Å². The molecule has 5 nitrogen and oxygen atoms in total. The Labute approximate surface area is 147 Å². The Kier molecular flexibility index (Phi) is 5.67. The highest BCUT2D eigenvalue weighted by atomic mass is 32.2. The van der Waals surface area contributed by atoms with Crippen molar-refractivity contribution in [1.82, 2.24) is 4.72 Å². The van der Waals surface area contributed by atoms with Crippen molar-refractivity contribution in [2.45, 2.75) is 18.0 Å². The number of carbonyl (C=O) groups excluding carboxylic acids is 1. The molecule has 140 valence electrons. The molecule has 0 aliphatic carbocycles. The Bertz CT molecular complexity index is 927. The number of hydrogen-bond donors (Lipinski definition) is 2. The van der Waals surface area contributed by atoms with E-state index in [0.717, 1.165) is 30.3 Å². The normalized spacial score (nSPS) is 12.0. The largest absolute Gasteiger partial charge is 0.418 e. The molecule has 0 fully saturated rings. The van der Waals surface area contributed by atoms with Crippen LogP contribution in [0.25, 0.3) is 0 Å². The first-order valence-electron chi connectivity index (χ1n) is 7.22. The molecule has 0 spiro atoms. The molecular weight excluding hydrogens is 376 g/mol. The number of benzene rings is 2. The maximum absolute atomic E-state index is 13.1. The molecule has 10 heteroatoms. The topological polar surface area (TPSA) is 75.3 Å². The highest BCUT2D eigenvalue weighted by molar-refractivity contribution is 7.89. The average molecular weight is 390 g/mol. The lowest BCUT2D eigenvalue weighted by atomic mass is 10.1. The Morgan fingerprint density at radius 1 is 1.12 bits per heavy atom. The van der Waals surface area contributed by atoms with Crippen molar-refractivity contribution in [2.24, 2.45) is 0 Å². The number of carbonyl (C=O) groups is 1. The molecule has 26 heavy (non-hydrogen) atoms. The lowest BCUT2D eigenvalue weighted by molar-refractivity contribution is -0.137. The van der Waals surface area contributed by atoms with E-state index in [4.69, 9.17) is 0 Å². The van der Waals surface area contributed by atoms with E-state index < -0.39 is 45.7 Å². The van der Waals surface area contributed by atoms with Crippen molar-refractivity contribution in [1.29, 1.82) is 0 Å². The van der Waals surface area contributed by atoms with Crippen LogP contribution in [-0.4, -0.2) is 20.9 Å². The lowest BCUT2D eigenvalue weighted by Gasteiger charge is -2.14. The van der Waals surface area contributed by atoms with Gasteiger partial charge in [-0.3, -0.25) is 4.79 Å². The number of sulfonamides is 1. The molecular formula is C16H14F4N2O3S. The summed E-state index contributed by atoms with van der Waals surface area (Å²) in [6.45, 7) is 0.586. The van der Waals surface area contributed by atoms with Crippen molar-refractivity contribution < 1.29 is 30.8 Å². The summed E-state index contributed by atoms with van der Waals surface area (Å²) in [4.78, 5) is 11.6. The van der Waals surface area contributed by atoms with Crippen molar-refractivity contribution in [2.75, 3.05) is 11.9 Å². The van der Waals surface area contributed by atoms with Gasteiger partial charge in [0.25, 0.3) is 0 Å². The zero-order chi connectivity index (χ0) is 19.5. The van der Waals surface area contributed by atoms with Crippen LogP contribution in [-0.2, 0) is 21.0 Å². The van der Waals surface area contributed by atoms with Gasteiger partial charge in [-0.15, -0.1) is 0 Å². The van der Waals surface area contributed by atoms with E-state index in [2.05, 4.69) is 0 Å². The maximum atomic E-state index is 13.1. The van der Waals surface area contributed by atoms with Gasteiger partial charge in [0.05, 0.1) is 22.7 Å². The summed E-state index contributed by atoms with van der Waals surface area (Å²) in [7, 11) is -4.13. The van der Waals surface area contributed by atoms with Crippen molar-refractivity contribution in [3.8, 4) is 0 Å². The zero-order valence-corrected chi connectivity index (χ0v) is 14.2. The number of rotatable bonds is 5. The molecule has 0 aromatic heterocycles. The molecule has 0 saturated heterocycles. The number of hydrogen-bond acceptors (Lipinski definition) is 3. The first-order chi connectivity index (χ1) is 12.0. The number of amides is 1. The number of nitrogens with one attached hydrogen (secondary N) is 2. The van der Waals surface area contributed by atoms with Gasteiger partial charge in [0.2, 0.25) is 15.9 Å². The molecule has 0 heterocycles. The second kappa shape index (κ2) is 7.42. The van der Waals surface area contributed by atoms with Crippen molar-refractivity contribution in [3.63, 3.8) is 0 Å². The zero-order valence-electron chi connectivity index (χ0n) is 13.4. The molecule has 2 aromatic rings. The van der Waals surface area contributed by atoms with Crippen LogP contribution in [0.4, 0.5) is 23.2 Å². The summed E-state index contributed by atoms with van der Waals surface area (Å²) in [5.74, 6) is -1.60. The van der Waals surface area contributed by atoms with E-state index >= 15 is 0 Å². The third kappa shape index (κ3) is 4.79. The van der Waals surface area contributed by atoms with Crippen LogP contribution in [0.2, 0.25) is 0 Å². The highest BCUT2D eigenvalue weighted by Gasteiger charge is 2.33. The van der Waals surface area contributed by atoms with Crippen LogP contribution < -0.4 is 10.0 Å². The van der Waals surface area contributed by atoms with E-state index in [-0.39, 0.29) is 10.5 Å². The van der Waals surface area contributed by atoms with E-state index in [1.54, 1.807) is 0 Å². The molecule has 0 bridgehead atoms. The third-order valence-corrected chi connectivity index (χ3v) is 4.92. The predicted molar refractivity (Wildman–Crippen MR) is 86.4 cm³/mol. The fraction of sp³-hybridized carbons (Fsp3) is 0.188. The molecule has 0 atom stereocenters. The minimum Gasteiger partial charge on any atom is -0.324 e. The van der Waals surface area contributed by atoms with Crippen LogP contribution in [0.3, 0.4) is 0 Å². The van der Waals surface area contributed by atoms with Crippen molar-refractivity contribution in [3.05, 3.63) is 59.4 Å². The summed E-state index contributed by atoms with van der Waals surface area (Å²) >= 11 is 0. The van der Waals surface area contributed by atoms with Crippen LogP contribution >= 0.6 is 0 Å². The van der Waals surface area contributed by atoms with Gasteiger partial charge in [0, 0.05) is 0 Å². The highest BCUT2D eigenvalue weighted by Crippen LogP contribution is 2.34. The number of aryl methyl sites for hydroxylation is 1. The number of para-hydroxylation sites is 1. The van der Waals surface area contributed by atoms with Gasteiger partial charge >= 0.3 is 6.18 Å². The molecule has 0 aliphatic heterocycles. The predicted octanol–water partition coefficient (Wildman–Crippen LogP) is 3.07. The van der Waals surface area contributed by atoms with Gasteiger partial charge in [0.1, 0.15) is 5.82 Å². The standard InChI is InChI=1S/C16H14F4N2O3S/c1-10-8-11(17)6-7-14(10)26(24,25)21-9-15(23)22-13-5-3-2-4-12(13)16(18,19)20/h2-8,21H,9H2,1H3,(H,22,23). The Hall–Kier alpha value is -2.46. The number of anilines is 1. The van der Waals surface area contributed by atoms with Gasteiger partial charge in [0.15, 0.2) is 0 Å². The second-order valence-electron chi connectivity index (χ2n) is 5.33. The summed E-state index contributed by atoms with van der Waals surface area (Å²) in [5, 5.41) is 2.02. The Morgan fingerprint density at radius 2 is 1.77 bits per heavy atom. The average Bonchev–Trinajstić information content (AvgIpc) is 2.52. The monoisotopic (exact) mass is 390 g/mol. The summed E-state index contributed by atoms with van der Waals surface area (Å²) in [6, 6.07) is 7.30. The molecule has 0 saturated carbocycles. The Balaban J connectivity index is 2.10. The van der Waals surface area contributed by atoms with E-state index in [0.29, 0.717) is 0 Å². The van der Waals surface area contributed by atoms with Crippen LogP contribution in [0, 0.1) is 12.7 Å². The fourth-order valence-electron chi connectivity index (χ4n) is 2.19. The quantitative estimate of drug-likeness (QED) is 0.771. The molecule has 1 amide bonds. The van der Waals surface area contributed by atoms with Gasteiger partial charge in [-0.25, -0.2) is 17.5 Å². The van der Waals surface area contributed by atoms with Crippen LogP contribution in [0.15, 0.2) is 47.4 Å². The summed E-state index contributed by atoms with van der Waals surface area (Å²) in [6.07, 6.45) is -4.67. The number of alkyl halides is 3. The summed E-state index contributed by atoms with van der Waals surface area (Å²) < 4.78 is 78.0. The van der Waals surface area contributed by atoms with E-state index in [1.165, 1.54) is 19.1 Å². The van der Waals surface area contributed by atoms with Gasteiger partial charge < -0.3 is 5.32 Å². The molecule has 0 unspecified atom stereocenters. The van der Waals surface area contributed by atoms with E-state index in [9.17, 15) is 30.8 Å². The SMILES string of the molecule is Cc1cc(F)ccc1S(=O)(=O)NCC(=O)Nc1ccccc1C(F)(F)F. The smallest absolute Gasteiger partial charge is 0.324 e. The molecule has 2 aromatic carbocycles. The first-order valence-corrected chi connectivity index (χ1v) is 8.71. The molecule has 0 aliphatic rings. The number of halogens is 4. The minimum absolute atomic E-state index is 0.125. The fourth-order valence-corrected chi connectivity index (χ4v) is 3.39. The summed E-state index contributed by atoms with van der Waals surface area (Å²) in [5.41, 5.74) is -1.41. The molecule has 2 N–H and O–H groups in total. The van der Waals surface area contributed by atoms with Crippen LogP contribution in [0.5, 0.6) is 0 Å². The third-order valence-electron chi connectivity index (χ3n) is 3.36. The van der Waals surface area contributed by atoms with Crippen molar-refractivity contribution >= 4 is 21.6 Å². The Morgan fingerprint density at radius 3 is 2.38 bits per heavy atom. The molecule has 0 radical (unpaired) electrons. The molecule has 2 rings (SSSR count). The van der Waals surface area contributed by atoms with Gasteiger partial charge in [-0.1, -0.05) is 12.1 Å². The van der Waals surface area contributed by atoms with Gasteiger partial charge in [-0.2, -0.15) is 13.2 Å².